The molecule has 0 aliphatic carbocycles. The molecule has 0 aliphatic heterocycles. The molecule has 0 aliphatic rings. The van der Waals surface area contributed by atoms with Crippen LogP contribution in [-0.4, -0.2) is 39.7 Å². The average Bonchev–Trinajstić information content (AvgIpc) is 2.68. The monoisotopic (exact) mass is 407 g/mol. The standard InChI is InChI=1S/C17H21N5O5S/c1-4-5-6-7-27-15-13(22(24)25)8-12(9-14(15)26-3)10-18-21-16(23)11(2)19-20-17(21)28/h8-10H,4-7H2,1-3H3,(H,20,28)/b18-10-. The van der Waals surface area contributed by atoms with Crippen molar-refractivity contribution in [3.05, 3.63) is 48.6 Å². The number of nitro benzene ring substituents is 1. The molecule has 1 aromatic carbocycles. The van der Waals surface area contributed by atoms with Crippen LogP contribution in [0.5, 0.6) is 11.5 Å². The van der Waals surface area contributed by atoms with Crippen LogP contribution in [-0.2, 0) is 0 Å². The molecule has 0 amide bonds. The molecular formula is C17H21N5O5S. The molecular weight excluding hydrogens is 386 g/mol. The first kappa shape index (κ1) is 21.2. The fourth-order valence-electron chi connectivity index (χ4n) is 2.34. The van der Waals surface area contributed by atoms with Crippen LogP contribution in [0.2, 0.25) is 0 Å². The summed E-state index contributed by atoms with van der Waals surface area (Å²) in [5.41, 5.74) is -0.205. The lowest BCUT2D eigenvalue weighted by Gasteiger charge is -2.11. The van der Waals surface area contributed by atoms with Crippen molar-refractivity contribution in [3.8, 4) is 11.5 Å². The summed E-state index contributed by atoms with van der Waals surface area (Å²) in [5.74, 6) is 0.269. The zero-order chi connectivity index (χ0) is 20.7. The van der Waals surface area contributed by atoms with E-state index < -0.39 is 10.5 Å². The molecule has 0 radical (unpaired) electrons. The lowest BCUT2D eigenvalue weighted by Crippen LogP contribution is -2.22. The molecule has 28 heavy (non-hydrogen) atoms. The summed E-state index contributed by atoms with van der Waals surface area (Å²) in [4.78, 5) is 23.0. The Balaban J connectivity index is 2.42. The third-order valence-corrected chi connectivity index (χ3v) is 4.07. The zero-order valence-electron chi connectivity index (χ0n) is 15.8. The molecule has 2 rings (SSSR count). The fraction of sp³-hybridized carbons (Fsp3) is 0.412. The summed E-state index contributed by atoms with van der Waals surface area (Å²) in [6.45, 7) is 3.91. The molecule has 0 unspecified atom stereocenters. The summed E-state index contributed by atoms with van der Waals surface area (Å²) in [6, 6.07) is 2.84. The first-order valence-electron chi connectivity index (χ1n) is 8.61. The first-order chi connectivity index (χ1) is 13.4. The van der Waals surface area contributed by atoms with Crippen molar-refractivity contribution in [2.45, 2.75) is 33.1 Å². The molecule has 0 spiro atoms. The Morgan fingerprint density at radius 1 is 1.43 bits per heavy atom. The number of nitro groups is 1. The minimum atomic E-state index is -0.552. The molecule has 1 heterocycles. The molecule has 1 N–H and O–H groups in total. The van der Waals surface area contributed by atoms with Crippen molar-refractivity contribution in [3.63, 3.8) is 0 Å². The smallest absolute Gasteiger partial charge is 0.315 e. The van der Waals surface area contributed by atoms with E-state index in [0.29, 0.717) is 12.2 Å². The second-order valence-electron chi connectivity index (χ2n) is 5.86. The van der Waals surface area contributed by atoms with Crippen LogP contribution in [0.3, 0.4) is 0 Å². The SMILES string of the molecule is CCCCCOc1c(OC)cc(/C=N\n2c(=S)[nH]nc(C)c2=O)cc1[N+](=O)[O-]. The minimum Gasteiger partial charge on any atom is -0.493 e. The number of hydrogen-bond acceptors (Lipinski definition) is 8. The number of nitrogens with zero attached hydrogens (tertiary/aromatic N) is 4. The number of benzene rings is 1. The average molecular weight is 407 g/mol. The predicted octanol–water partition coefficient (Wildman–Crippen LogP) is 2.98. The Bertz CT molecular complexity index is 998. The van der Waals surface area contributed by atoms with Gasteiger partial charge >= 0.3 is 5.69 Å². The maximum absolute atomic E-state index is 12.1. The van der Waals surface area contributed by atoms with Crippen LogP contribution in [0.15, 0.2) is 22.0 Å². The van der Waals surface area contributed by atoms with E-state index in [0.717, 1.165) is 23.9 Å². The topological polar surface area (TPSA) is 125 Å². The molecule has 0 fully saturated rings. The van der Waals surface area contributed by atoms with Crippen LogP contribution < -0.4 is 15.0 Å². The van der Waals surface area contributed by atoms with E-state index >= 15 is 0 Å². The number of ether oxygens (including phenoxy) is 2. The molecule has 0 saturated heterocycles. The third kappa shape index (κ3) is 5.00. The van der Waals surface area contributed by atoms with Gasteiger partial charge in [-0.3, -0.25) is 20.0 Å². The number of methoxy groups -OCH3 is 1. The van der Waals surface area contributed by atoms with Gasteiger partial charge in [-0.2, -0.15) is 14.9 Å². The molecule has 0 saturated carbocycles. The second-order valence-corrected chi connectivity index (χ2v) is 6.25. The van der Waals surface area contributed by atoms with E-state index in [9.17, 15) is 14.9 Å². The van der Waals surface area contributed by atoms with E-state index in [1.807, 2.05) is 0 Å². The van der Waals surface area contributed by atoms with Crippen molar-refractivity contribution in [2.24, 2.45) is 5.10 Å². The highest BCUT2D eigenvalue weighted by Crippen LogP contribution is 2.38. The van der Waals surface area contributed by atoms with Gasteiger partial charge in [0.05, 0.1) is 24.9 Å². The fourth-order valence-corrected chi connectivity index (χ4v) is 2.52. The van der Waals surface area contributed by atoms with Crippen LogP contribution in [0.1, 0.15) is 37.4 Å². The van der Waals surface area contributed by atoms with E-state index in [2.05, 4.69) is 22.2 Å². The van der Waals surface area contributed by atoms with Crippen molar-refractivity contribution >= 4 is 24.1 Å². The maximum Gasteiger partial charge on any atom is 0.315 e. The van der Waals surface area contributed by atoms with Gasteiger partial charge in [0.2, 0.25) is 10.5 Å². The Hall–Kier alpha value is -3.08. The van der Waals surface area contributed by atoms with Gasteiger partial charge < -0.3 is 9.47 Å². The molecule has 150 valence electrons. The van der Waals surface area contributed by atoms with E-state index in [4.69, 9.17) is 21.7 Å². The number of rotatable bonds is 9. The Morgan fingerprint density at radius 2 is 2.18 bits per heavy atom. The lowest BCUT2D eigenvalue weighted by atomic mass is 10.2. The summed E-state index contributed by atoms with van der Waals surface area (Å²) in [5, 5.41) is 21.8. The van der Waals surface area contributed by atoms with Crippen molar-refractivity contribution in [2.75, 3.05) is 13.7 Å². The van der Waals surface area contributed by atoms with E-state index in [1.165, 1.54) is 32.4 Å². The summed E-state index contributed by atoms with van der Waals surface area (Å²) in [6.07, 6.45) is 4.03. The van der Waals surface area contributed by atoms with Gasteiger partial charge in [0.15, 0.2) is 5.75 Å². The molecule has 10 nitrogen and oxygen atoms in total. The predicted molar refractivity (Wildman–Crippen MR) is 106 cm³/mol. The van der Waals surface area contributed by atoms with Crippen molar-refractivity contribution in [1.29, 1.82) is 0 Å². The van der Waals surface area contributed by atoms with Crippen LogP contribution in [0.4, 0.5) is 5.69 Å². The van der Waals surface area contributed by atoms with E-state index in [-0.39, 0.29) is 27.7 Å². The highest BCUT2D eigenvalue weighted by atomic mass is 32.1. The Kier molecular flexibility index (Phi) is 7.38. The largest absolute Gasteiger partial charge is 0.493 e. The van der Waals surface area contributed by atoms with Gasteiger partial charge in [-0.15, -0.1) is 0 Å². The minimum absolute atomic E-state index is 0.00388. The molecule has 1 aromatic heterocycles. The van der Waals surface area contributed by atoms with Gasteiger partial charge in [-0.05, 0) is 31.6 Å². The number of H-pyrrole nitrogens is 1. The van der Waals surface area contributed by atoms with Gasteiger partial charge in [-0.25, -0.2) is 0 Å². The molecule has 0 atom stereocenters. The summed E-state index contributed by atoms with van der Waals surface area (Å²) < 4.78 is 11.8. The van der Waals surface area contributed by atoms with Gasteiger partial charge in [0.25, 0.3) is 5.56 Å². The first-order valence-corrected chi connectivity index (χ1v) is 9.01. The Morgan fingerprint density at radius 3 is 2.82 bits per heavy atom. The third-order valence-electron chi connectivity index (χ3n) is 3.80. The molecule has 11 heteroatoms. The number of aromatic nitrogens is 3. The van der Waals surface area contributed by atoms with Gasteiger partial charge in [0, 0.05) is 11.6 Å². The lowest BCUT2D eigenvalue weighted by molar-refractivity contribution is -0.386. The highest BCUT2D eigenvalue weighted by Gasteiger charge is 2.22. The van der Waals surface area contributed by atoms with Crippen LogP contribution in [0.25, 0.3) is 0 Å². The number of hydrogen-bond donors (Lipinski definition) is 1. The maximum atomic E-state index is 12.1. The Labute approximate surface area is 166 Å². The second kappa shape index (κ2) is 9.74. The van der Waals surface area contributed by atoms with E-state index in [1.54, 1.807) is 0 Å². The normalized spacial score (nSPS) is 11.0. The number of unbranched alkanes of at least 4 members (excludes halogenated alkanes) is 2. The van der Waals surface area contributed by atoms with Crippen molar-refractivity contribution < 1.29 is 14.4 Å². The number of aromatic amines is 1. The van der Waals surface area contributed by atoms with Gasteiger partial charge in [0.1, 0.15) is 5.69 Å². The van der Waals surface area contributed by atoms with Gasteiger partial charge in [-0.1, -0.05) is 19.8 Å². The highest BCUT2D eigenvalue weighted by molar-refractivity contribution is 7.71. The molecule has 0 bridgehead atoms. The molecule has 2 aromatic rings. The number of nitrogens with one attached hydrogen (secondary N) is 1. The zero-order valence-corrected chi connectivity index (χ0v) is 16.6. The number of aryl methyl sites for hydroxylation is 1. The van der Waals surface area contributed by atoms with Crippen molar-refractivity contribution in [1.82, 2.24) is 14.9 Å². The van der Waals surface area contributed by atoms with Crippen LogP contribution in [0, 0.1) is 21.8 Å². The summed E-state index contributed by atoms with van der Waals surface area (Å²) in [7, 11) is 1.39. The quantitative estimate of drug-likeness (QED) is 0.223. The summed E-state index contributed by atoms with van der Waals surface area (Å²) >= 11 is 5.00. The van der Waals surface area contributed by atoms with Crippen LogP contribution >= 0.6 is 12.2 Å².